The number of piperidine rings is 1. The Bertz CT molecular complexity index is 1520. The molecule has 3 aliphatic heterocycles. The number of thioether (sulfide) groups is 1. The molecule has 3 heterocycles. The van der Waals surface area contributed by atoms with Crippen molar-refractivity contribution in [2.24, 2.45) is 5.41 Å². The van der Waals surface area contributed by atoms with Crippen molar-refractivity contribution >= 4 is 54.2 Å². The predicted octanol–water partition coefficient (Wildman–Crippen LogP) is 7.09. The largest absolute Gasteiger partial charge is 0.466 e. The second kappa shape index (κ2) is 11.9. The van der Waals surface area contributed by atoms with E-state index in [1.807, 2.05) is 24.5 Å². The Labute approximate surface area is 284 Å². The van der Waals surface area contributed by atoms with E-state index >= 15 is 0 Å². The van der Waals surface area contributed by atoms with Gasteiger partial charge in [0.25, 0.3) is 0 Å². The topological polar surface area (TPSA) is 68.3 Å². The highest BCUT2D eigenvalue weighted by atomic mass is 32.2. The van der Waals surface area contributed by atoms with E-state index in [1.165, 1.54) is 24.4 Å². The standard InChI is InChI=1S/C36H48N2O5S2Si/c1-33(2,3)46(6,7)42-22-20-34-18-17-28(39)37-21-19-35(29(34)37)26-15-11-12-16-27(26)38(23-25-13-9-8-10-14-25)30(35)36(24-34,31(40)41-4)43-32(44)45-5/h8-16,29-30H,17-24H2,1-7H3/t29-,30+,34+,35+,36+/m0/s1. The number of hydrogen-bond acceptors (Lipinski definition) is 8. The van der Waals surface area contributed by atoms with Crippen LogP contribution in [0.25, 0.3) is 0 Å². The zero-order valence-corrected chi connectivity index (χ0v) is 30.9. The molecule has 0 N–H and O–H groups in total. The second-order valence-corrected chi connectivity index (χ2v) is 21.4. The number of amides is 1. The SMILES string of the molecule is COC(=O)[C@@]1(OC(=S)SC)C[C@]2(CCO[Si](C)(C)C(C)(C)C)CCC(=O)N3CC[C@@]4(c5ccccc5N(Cc5ccccc5)[C@H]41)[C@@H]32. The molecule has 5 atom stereocenters. The highest BCUT2D eigenvalue weighted by molar-refractivity contribution is 8.22. The van der Waals surface area contributed by atoms with Gasteiger partial charge >= 0.3 is 5.97 Å². The molecule has 2 aromatic rings. The average Bonchev–Trinajstić information content (AvgIpc) is 3.56. The number of benzene rings is 2. The van der Waals surface area contributed by atoms with Crippen molar-refractivity contribution in [2.75, 3.05) is 31.4 Å². The van der Waals surface area contributed by atoms with Gasteiger partial charge in [-0.3, -0.25) is 4.79 Å². The summed E-state index contributed by atoms with van der Waals surface area (Å²) in [5.74, 6) is -0.204. The van der Waals surface area contributed by atoms with Crippen molar-refractivity contribution in [1.82, 2.24) is 4.90 Å². The summed E-state index contributed by atoms with van der Waals surface area (Å²) in [5.41, 5.74) is 0.984. The van der Waals surface area contributed by atoms with Gasteiger partial charge in [-0.15, -0.1) is 0 Å². The molecule has 10 heteroatoms. The maximum Gasteiger partial charge on any atom is 0.352 e. The van der Waals surface area contributed by atoms with Crippen LogP contribution in [0.3, 0.4) is 0 Å². The molecule has 2 aromatic carbocycles. The first-order chi connectivity index (χ1) is 21.8. The van der Waals surface area contributed by atoms with E-state index in [1.54, 1.807) is 0 Å². The number of methoxy groups -OCH3 is 1. The maximum absolute atomic E-state index is 14.6. The van der Waals surface area contributed by atoms with Crippen LogP contribution in [0.4, 0.5) is 5.69 Å². The Morgan fingerprint density at radius 2 is 1.76 bits per heavy atom. The van der Waals surface area contributed by atoms with Gasteiger partial charge in [-0.2, -0.15) is 0 Å². The van der Waals surface area contributed by atoms with Gasteiger partial charge in [0.05, 0.1) is 13.2 Å². The fraction of sp³-hybridized carbons (Fsp3) is 0.583. The lowest BCUT2D eigenvalue weighted by Crippen LogP contribution is -2.76. The number of hydrogen-bond donors (Lipinski definition) is 0. The number of anilines is 1. The van der Waals surface area contributed by atoms with Crippen LogP contribution in [-0.2, 0) is 35.4 Å². The number of para-hydroxylation sites is 1. The van der Waals surface area contributed by atoms with Crippen molar-refractivity contribution in [1.29, 1.82) is 0 Å². The van der Waals surface area contributed by atoms with Crippen molar-refractivity contribution in [2.45, 2.75) is 101 Å². The lowest BCUT2D eigenvalue weighted by atomic mass is 9.48. The zero-order valence-electron chi connectivity index (χ0n) is 28.3. The quantitative estimate of drug-likeness (QED) is 0.167. The van der Waals surface area contributed by atoms with Gasteiger partial charge < -0.3 is 23.7 Å². The molecule has 2 saturated heterocycles. The van der Waals surface area contributed by atoms with Crippen LogP contribution in [0.2, 0.25) is 18.1 Å². The first kappa shape index (κ1) is 33.5. The fourth-order valence-electron chi connectivity index (χ4n) is 9.07. The number of fused-ring (bicyclic) bond motifs is 1. The highest BCUT2D eigenvalue weighted by Gasteiger charge is 2.78. The van der Waals surface area contributed by atoms with E-state index in [2.05, 4.69) is 80.1 Å². The molecule has 248 valence electrons. The number of carbonyl (C=O) groups excluding carboxylic acids is 2. The third-order valence-corrected chi connectivity index (χ3v) is 17.4. The van der Waals surface area contributed by atoms with Crippen LogP contribution >= 0.6 is 24.0 Å². The molecular weight excluding hydrogens is 633 g/mol. The maximum atomic E-state index is 14.6. The van der Waals surface area contributed by atoms with Gasteiger partial charge in [-0.1, -0.05) is 81.1 Å². The van der Waals surface area contributed by atoms with E-state index in [0.29, 0.717) is 43.3 Å². The molecule has 4 aliphatic rings. The lowest BCUT2D eigenvalue weighted by molar-refractivity contribution is -0.187. The first-order valence-electron chi connectivity index (χ1n) is 16.5. The Balaban J connectivity index is 1.57. The van der Waals surface area contributed by atoms with Crippen LogP contribution in [0.1, 0.15) is 64.0 Å². The summed E-state index contributed by atoms with van der Waals surface area (Å²) in [6, 6.07) is 18.3. The van der Waals surface area contributed by atoms with E-state index in [9.17, 15) is 9.59 Å². The summed E-state index contributed by atoms with van der Waals surface area (Å²) >= 11 is 7.12. The summed E-state index contributed by atoms with van der Waals surface area (Å²) in [7, 11) is -0.599. The summed E-state index contributed by atoms with van der Waals surface area (Å²) in [6.07, 6.45) is 4.84. The summed E-state index contributed by atoms with van der Waals surface area (Å²) in [4.78, 5) is 32.9. The number of carbonyl (C=O) groups is 2. The number of ether oxygens (including phenoxy) is 2. The molecule has 1 spiro atoms. The smallest absolute Gasteiger partial charge is 0.352 e. The number of rotatable bonds is 8. The number of nitrogens with zero attached hydrogens (tertiary/aromatic N) is 2. The lowest BCUT2D eigenvalue weighted by Gasteiger charge is -2.63. The molecule has 0 aromatic heterocycles. The fourth-order valence-corrected chi connectivity index (χ4v) is 10.5. The molecule has 1 amide bonds. The van der Waals surface area contributed by atoms with Crippen LogP contribution in [0.15, 0.2) is 54.6 Å². The van der Waals surface area contributed by atoms with Crippen molar-refractivity contribution in [3.8, 4) is 0 Å². The second-order valence-electron chi connectivity index (χ2n) is 15.1. The molecule has 1 saturated carbocycles. The molecule has 46 heavy (non-hydrogen) atoms. The molecule has 6 rings (SSSR count). The molecular formula is C36H48N2O5S2Si. The van der Waals surface area contributed by atoms with Gasteiger partial charge in [-0.25, -0.2) is 4.79 Å². The third-order valence-electron chi connectivity index (χ3n) is 11.9. The minimum atomic E-state index is -2.05. The van der Waals surface area contributed by atoms with Crippen molar-refractivity contribution in [3.63, 3.8) is 0 Å². The van der Waals surface area contributed by atoms with Gasteiger partial charge in [0.2, 0.25) is 15.9 Å². The molecule has 0 radical (unpaired) electrons. The number of thiocarbonyl (C=S) groups is 1. The minimum absolute atomic E-state index is 0.0667. The first-order valence-corrected chi connectivity index (χ1v) is 21.0. The Morgan fingerprint density at radius 3 is 2.43 bits per heavy atom. The summed E-state index contributed by atoms with van der Waals surface area (Å²) in [5, 5.41) is 0.0667. The third kappa shape index (κ3) is 5.04. The zero-order chi connectivity index (χ0) is 33.1. The number of esters is 1. The van der Waals surface area contributed by atoms with E-state index in [-0.39, 0.29) is 17.0 Å². The summed E-state index contributed by atoms with van der Waals surface area (Å²) < 4.78 is 19.8. The van der Waals surface area contributed by atoms with Gasteiger partial charge in [0, 0.05) is 49.7 Å². The van der Waals surface area contributed by atoms with Crippen molar-refractivity contribution in [3.05, 3.63) is 65.7 Å². The highest BCUT2D eigenvalue weighted by Crippen LogP contribution is 2.69. The Kier molecular flexibility index (Phi) is 8.69. The monoisotopic (exact) mass is 680 g/mol. The van der Waals surface area contributed by atoms with E-state index < -0.39 is 36.8 Å². The van der Waals surface area contributed by atoms with E-state index in [0.717, 1.165) is 24.1 Å². The summed E-state index contributed by atoms with van der Waals surface area (Å²) in [6.45, 7) is 13.1. The molecule has 3 fully saturated rings. The van der Waals surface area contributed by atoms with Crippen LogP contribution in [0.5, 0.6) is 0 Å². The van der Waals surface area contributed by atoms with Crippen molar-refractivity contribution < 1.29 is 23.5 Å². The van der Waals surface area contributed by atoms with Gasteiger partial charge in [-0.05, 0) is 78.5 Å². The van der Waals surface area contributed by atoms with Crippen LogP contribution in [0, 0.1) is 5.41 Å². The van der Waals surface area contributed by atoms with Crippen LogP contribution in [-0.4, -0.2) is 73.7 Å². The molecule has 0 unspecified atom stereocenters. The van der Waals surface area contributed by atoms with E-state index in [4.69, 9.17) is 26.1 Å². The normalized spacial score (nSPS) is 30.0. The van der Waals surface area contributed by atoms with Gasteiger partial charge in [0.1, 0.15) is 0 Å². The molecule has 0 bridgehead atoms. The average molecular weight is 681 g/mol. The Hall–Kier alpha value is -2.40. The Morgan fingerprint density at radius 1 is 1.07 bits per heavy atom. The van der Waals surface area contributed by atoms with Crippen LogP contribution < -0.4 is 4.90 Å². The minimum Gasteiger partial charge on any atom is -0.466 e. The molecule has 7 nitrogen and oxygen atoms in total. The van der Waals surface area contributed by atoms with Gasteiger partial charge in [0.15, 0.2) is 8.32 Å². The molecule has 1 aliphatic carbocycles. The predicted molar refractivity (Wildman–Crippen MR) is 191 cm³/mol.